The number of nitrogens with zero attached hydrogens (tertiary/aromatic N) is 5. The second-order valence-corrected chi connectivity index (χ2v) is 5.17. The zero-order chi connectivity index (χ0) is 17.4. The van der Waals surface area contributed by atoms with Crippen molar-refractivity contribution in [3.05, 3.63) is 54.0 Å². The van der Waals surface area contributed by atoms with Crippen LogP contribution in [-0.4, -0.2) is 31.0 Å². The summed E-state index contributed by atoms with van der Waals surface area (Å²) >= 11 is 0. The summed E-state index contributed by atoms with van der Waals surface area (Å²) in [5.41, 5.74) is 4.41. The van der Waals surface area contributed by atoms with Gasteiger partial charge in [0.1, 0.15) is 0 Å². The van der Waals surface area contributed by atoms with Crippen LogP contribution in [0.4, 0.5) is 19.0 Å². The Morgan fingerprint density at radius 2 is 1.96 bits per heavy atom. The molecule has 0 aliphatic carbocycles. The van der Waals surface area contributed by atoms with E-state index < -0.39 is 12.0 Å². The van der Waals surface area contributed by atoms with Crippen LogP contribution in [-0.2, 0) is 6.18 Å². The normalized spacial score (nSPS) is 12.4. The zero-order valence-corrected chi connectivity index (χ0v) is 12.5. The maximum Gasteiger partial charge on any atom is 0.453 e. The molecule has 3 heterocycles. The number of hydrogen-bond acceptors (Lipinski definition) is 5. The summed E-state index contributed by atoms with van der Waals surface area (Å²) in [6.07, 6.45) is -1.30. The van der Waals surface area contributed by atoms with Gasteiger partial charge in [0, 0.05) is 22.7 Å². The van der Waals surface area contributed by atoms with Crippen LogP contribution >= 0.6 is 0 Å². The minimum atomic E-state index is -4.64. The summed E-state index contributed by atoms with van der Waals surface area (Å²) in [5.74, 6) is -1.05. The Hall–Kier alpha value is -3.43. The molecule has 0 unspecified atom stereocenters. The lowest BCUT2D eigenvalue weighted by Crippen LogP contribution is -2.13. The highest BCUT2D eigenvalue weighted by Crippen LogP contribution is 2.27. The summed E-state index contributed by atoms with van der Waals surface area (Å²) in [4.78, 5) is 3.10. The van der Waals surface area contributed by atoms with E-state index >= 15 is 0 Å². The van der Waals surface area contributed by atoms with Gasteiger partial charge in [0.2, 0.25) is 0 Å². The third-order valence-corrected chi connectivity index (χ3v) is 3.52. The number of aromatic amines is 1. The Balaban J connectivity index is 1.60. The van der Waals surface area contributed by atoms with Crippen molar-refractivity contribution in [2.75, 3.05) is 5.43 Å². The van der Waals surface area contributed by atoms with E-state index in [4.69, 9.17) is 0 Å². The van der Waals surface area contributed by atoms with Gasteiger partial charge in [0.05, 0.1) is 6.21 Å². The van der Waals surface area contributed by atoms with E-state index in [-0.39, 0.29) is 11.5 Å². The van der Waals surface area contributed by atoms with E-state index in [2.05, 4.69) is 30.8 Å². The molecule has 4 aromatic rings. The van der Waals surface area contributed by atoms with Crippen molar-refractivity contribution in [3.63, 3.8) is 0 Å². The van der Waals surface area contributed by atoms with Gasteiger partial charge in [-0.3, -0.25) is 5.43 Å². The molecule has 25 heavy (non-hydrogen) atoms. The van der Waals surface area contributed by atoms with Gasteiger partial charge >= 0.3 is 6.18 Å². The first kappa shape index (κ1) is 15.1. The van der Waals surface area contributed by atoms with Crippen LogP contribution < -0.4 is 5.43 Å². The number of anilines is 1. The van der Waals surface area contributed by atoms with Crippen LogP contribution in [0.2, 0.25) is 0 Å². The zero-order valence-electron chi connectivity index (χ0n) is 12.5. The number of H-pyrrole nitrogens is 1. The Morgan fingerprint density at radius 1 is 1.12 bits per heavy atom. The molecule has 2 N–H and O–H groups in total. The number of nitrogens with one attached hydrogen (secondary N) is 2. The molecule has 0 spiro atoms. The van der Waals surface area contributed by atoms with Crippen molar-refractivity contribution in [1.82, 2.24) is 24.8 Å². The van der Waals surface area contributed by atoms with Gasteiger partial charge in [-0.25, -0.2) is 0 Å². The van der Waals surface area contributed by atoms with Crippen molar-refractivity contribution < 1.29 is 13.2 Å². The molecule has 0 aliphatic heterocycles. The van der Waals surface area contributed by atoms with Crippen LogP contribution in [0, 0.1) is 0 Å². The lowest BCUT2D eigenvalue weighted by molar-refractivity contribution is -0.146. The first-order valence-electron chi connectivity index (χ1n) is 7.17. The number of aromatic nitrogens is 5. The highest BCUT2D eigenvalue weighted by atomic mass is 19.4. The van der Waals surface area contributed by atoms with E-state index in [9.17, 15) is 13.2 Å². The number of para-hydroxylation sites is 1. The number of rotatable bonds is 3. The molecule has 10 heteroatoms. The molecule has 0 saturated heterocycles. The third-order valence-electron chi connectivity index (χ3n) is 3.52. The summed E-state index contributed by atoms with van der Waals surface area (Å²) in [5, 5.41) is 15.4. The average Bonchev–Trinajstić information content (AvgIpc) is 3.18. The standard InChI is InChI=1S/C15H10F3N7/c16-15(17,18)14-23-22-13-6-5-12(24-25(13)14)21-20-8-9-7-19-11-4-2-1-3-10(9)11/h1-8,19H,(H,21,24)/b20-8+. The number of hydrogen-bond donors (Lipinski definition) is 2. The van der Waals surface area contributed by atoms with E-state index in [0.717, 1.165) is 16.5 Å². The van der Waals surface area contributed by atoms with E-state index in [0.29, 0.717) is 4.52 Å². The maximum absolute atomic E-state index is 12.9. The number of fused-ring (bicyclic) bond motifs is 2. The molecular formula is C15H10F3N7. The van der Waals surface area contributed by atoms with Crippen molar-refractivity contribution in [2.45, 2.75) is 6.18 Å². The number of hydrazone groups is 1. The van der Waals surface area contributed by atoms with Crippen molar-refractivity contribution >= 4 is 28.6 Å². The lowest BCUT2D eigenvalue weighted by Gasteiger charge is -2.04. The minimum Gasteiger partial charge on any atom is -0.361 e. The van der Waals surface area contributed by atoms with Gasteiger partial charge in [-0.05, 0) is 18.2 Å². The summed E-state index contributed by atoms with van der Waals surface area (Å²) in [6, 6.07) is 10.5. The highest BCUT2D eigenvalue weighted by molar-refractivity contribution is 5.99. The minimum absolute atomic E-state index is 0.00140. The second kappa shape index (κ2) is 5.58. The van der Waals surface area contributed by atoms with Crippen LogP contribution in [0.15, 0.2) is 47.7 Å². The second-order valence-electron chi connectivity index (χ2n) is 5.17. The number of halogens is 3. The monoisotopic (exact) mass is 345 g/mol. The van der Waals surface area contributed by atoms with Crippen LogP contribution in [0.3, 0.4) is 0 Å². The summed E-state index contributed by atoms with van der Waals surface area (Å²) in [6.45, 7) is 0. The topological polar surface area (TPSA) is 83.3 Å². The van der Waals surface area contributed by atoms with Crippen molar-refractivity contribution in [2.24, 2.45) is 5.10 Å². The first-order valence-corrected chi connectivity index (χ1v) is 7.17. The van der Waals surface area contributed by atoms with Crippen molar-refractivity contribution in [1.29, 1.82) is 0 Å². The first-order chi connectivity index (χ1) is 12.0. The van der Waals surface area contributed by atoms with Crippen LogP contribution in [0.1, 0.15) is 11.4 Å². The Kier molecular flexibility index (Phi) is 3.38. The average molecular weight is 345 g/mol. The van der Waals surface area contributed by atoms with Crippen LogP contribution in [0.25, 0.3) is 16.6 Å². The molecule has 0 amide bonds. The van der Waals surface area contributed by atoms with E-state index in [1.54, 1.807) is 12.4 Å². The molecule has 0 bridgehead atoms. The molecule has 7 nitrogen and oxygen atoms in total. The Bertz CT molecular complexity index is 1080. The quantitative estimate of drug-likeness (QED) is 0.442. The molecule has 1 aromatic carbocycles. The fourth-order valence-electron chi connectivity index (χ4n) is 2.39. The van der Waals surface area contributed by atoms with Gasteiger partial charge in [-0.2, -0.15) is 22.8 Å². The van der Waals surface area contributed by atoms with Gasteiger partial charge in [0.15, 0.2) is 11.5 Å². The maximum atomic E-state index is 12.9. The highest BCUT2D eigenvalue weighted by Gasteiger charge is 2.37. The van der Waals surface area contributed by atoms with E-state index in [1.165, 1.54) is 12.1 Å². The molecule has 0 radical (unpaired) electrons. The molecule has 0 aliphatic rings. The fraction of sp³-hybridized carbons (Fsp3) is 0.0667. The SMILES string of the molecule is FC(F)(F)c1nnc2ccc(N/N=C/c3c[nH]c4ccccc34)nn12. The Morgan fingerprint density at radius 3 is 2.80 bits per heavy atom. The van der Waals surface area contributed by atoms with Crippen LogP contribution in [0.5, 0.6) is 0 Å². The van der Waals surface area contributed by atoms with Gasteiger partial charge in [-0.1, -0.05) is 18.2 Å². The van der Waals surface area contributed by atoms with Crippen molar-refractivity contribution in [3.8, 4) is 0 Å². The molecule has 0 atom stereocenters. The summed E-state index contributed by atoms with van der Waals surface area (Å²) in [7, 11) is 0. The number of alkyl halides is 3. The molecule has 3 aromatic heterocycles. The van der Waals surface area contributed by atoms with E-state index in [1.807, 2.05) is 24.3 Å². The smallest absolute Gasteiger partial charge is 0.361 e. The molecule has 126 valence electrons. The predicted octanol–water partition coefficient (Wildman–Crippen LogP) is 3.07. The molecular weight excluding hydrogens is 335 g/mol. The predicted molar refractivity (Wildman–Crippen MR) is 85.3 cm³/mol. The van der Waals surface area contributed by atoms with Gasteiger partial charge < -0.3 is 4.98 Å². The number of benzene rings is 1. The van der Waals surface area contributed by atoms with Gasteiger partial charge in [-0.15, -0.1) is 15.3 Å². The Labute approximate surface area is 138 Å². The molecule has 4 rings (SSSR count). The molecule has 0 saturated carbocycles. The fourth-order valence-corrected chi connectivity index (χ4v) is 2.39. The largest absolute Gasteiger partial charge is 0.453 e. The van der Waals surface area contributed by atoms with Gasteiger partial charge in [0.25, 0.3) is 5.82 Å². The lowest BCUT2D eigenvalue weighted by atomic mass is 10.2. The third kappa shape index (κ3) is 2.77. The molecule has 0 fully saturated rings. The summed E-state index contributed by atoms with van der Waals surface area (Å²) < 4.78 is 39.2.